The zero-order valence-electron chi connectivity index (χ0n) is 13.5. The maximum absolute atomic E-state index is 6.24. The molecule has 0 N–H and O–H groups in total. The van der Waals surface area contributed by atoms with Gasteiger partial charge < -0.3 is 9.64 Å². The van der Waals surface area contributed by atoms with E-state index in [2.05, 4.69) is 31.0 Å². The van der Waals surface area contributed by atoms with E-state index in [4.69, 9.17) is 16.3 Å². The molecule has 1 aromatic rings. The first-order valence-electron chi connectivity index (χ1n) is 8.41. The van der Waals surface area contributed by atoms with Crippen molar-refractivity contribution in [2.24, 2.45) is 5.92 Å². The molecule has 2 aliphatic rings. The molecular weight excluding hydrogens is 314 g/mol. The van der Waals surface area contributed by atoms with Gasteiger partial charge in [-0.25, -0.2) is 0 Å². The SMILES string of the molecule is CCC(OCC1C[C@H]2CC[C@@H](C1)N2C)Sc1ccc(Cl)cc1. The first-order valence-corrected chi connectivity index (χ1v) is 9.67. The molecule has 2 aliphatic heterocycles. The Bertz CT molecular complexity index is 466. The van der Waals surface area contributed by atoms with Crippen molar-refractivity contribution in [3.8, 4) is 0 Å². The minimum absolute atomic E-state index is 0.249. The molecule has 2 bridgehead atoms. The van der Waals surface area contributed by atoms with E-state index in [1.807, 2.05) is 23.9 Å². The van der Waals surface area contributed by atoms with Gasteiger partial charge in [-0.3, -0.25) is 0 Å². The fourth-order valence-corrected chi connectivity index (χ4v) is 4.84. The van der Waals surface area contributed by atoms with Gasteiger partial charge in [0, 0.05) is 22.0 Å². The van der Waals surface area contributed by atoms with Gasteiger partial charge in [-0.1, -0.05) is 30.3 Å². The van der Waals surface area contributed by atoms with E-state index < -0.39 is 0 Å². The van der Waals surface area contributed by atoms with Crippen molar-refractivity contribution in [2.75, 3.05) is 13.7 Å². The molecule has 0 aromatic heterocycles. The summed E-state index contributed by atoms with van der Waals surface area (Å²) in [6.07, 6.45) is 6.43. The van der Waals surface area contributed by atoms with E-state index >= 15 is 0 Å². The minimum atomic E-state index is 0.249. The molecule has 0 saturated carbocycles. The van der Waals surface area contributed by atoms with Gasteiger partial charge in [0.2, 0.25) is 0 Å². The van der Waals surface area contributed by atoms with Crippen LogP contribution in [0.2, 0.25) is 5.02 Å². The number of fused-ring (bicyclic) bond motifs is 2. The Labute approximate surface area is 143 Å². The second-order valence-electron chi connectivity index (χ2n) is 6.63. The van der Waals surface area contributed by atoms with Crippen LogP contribution in [0.25, 0.3) is 0 Å². The molecule has 0 amide bonds. The third kappa shape index (κ3) is 4.00. The van der Waals surface area contributed by atoms with Crippen molar-refractivity contribution in [3.05, 3.63) is 29.3 Å². The van der Waals surface area contributed by atoms with Crippen LogP contribution in [0.4, 0.5) is 0 Å². The van der Waals surface area contributed by atoms with Gasteiger partial charge in [0.15, 0.2) is 0 Å². The smallest absolute Gasteiger partial charge is 0.107 e. The molecule has 2 fully saturated rings. The largest absolute Gasteiger partial charge is 0.367 e. The van der Waals surface area contributed by atoms with Crippen molar-refractivity contribution < 1.29 is 4.74 Å². The highest BCUT2D eigenvalue weighted by atomic mass is 35.5. The third-order valence-electron chi connectivity index (χ3n) is 5.13. The third-order valence-corrected chi connectivity index (χ3v) is 6.66. The first-order chi connectivity index (χ1) is 10.7. The summed E-state index contributed by atoms with van der Waals surface area (Å²) in [5.41, 5.74) is 0.249. The molecule has 3 rings (SSSR count). The van der Waals surface area contributed by atoms with E-state index in [-0.39, 0.29) is 5.44 Å². The van der Waals surface area contributed by atoms with Crippen LogP contribution in [0.3, 0.4) is 0 Å². The predicted octanol–water partition coefficient (Wildman–Crippen LogP) is 5.06. The number of halogens is 1. The zero-order valence-corrected chi connectivity index (χ0v) is 15.1. The Morgan fingerprint density at radius 3 is 2.45 bits per heavy atom. The molecule has 122 valence electrons. The first kappa shape index (κ1) is 16.6. The number of hydrogen-bond acceptors (Lipinski definition) is 3. The average Bonchev–Trinajstić information content (AvgIpc) is 2.75. The van der Waals surface area contributed by atoms with Gasteiger partial charge in [-0.05, 0) is 69.3 Å². The van der Waals surface area contributed by atoms with Gasteiger partial charge in [-0.15, -0.1) is 0 Å². The Balaban J connectivity index is 1.48. The van der Waals surface area contributed by atoms with Gasteiger partial charge >= 0.3 is 0 Å². The van der Waals surface area contributed by atoms with E-state index in [1.54, 1.807) is 0 Å². The topological polar surface area (TPSA) is 12.5 Å². The predicted molar refractivity (Wildman–Crippen MR) is 94.6 cm³/mol. The van der Waals surface area contributed by atoms with Crippen LogP contribution in [0.5, 0.6) is 0 Å². The Morgan fingerprint density at radius 1 is 1.23 bits per heavy atom. The van der Waals surface area contributed by atoms with Crippen molar-refractivity contribution in [3.63, 3.8) is 0 Å². The van der Waals surface area contributed by atoms with Crippen molar-refractivity contribution in [1.29, 1.82) is 0 Å². The Kier molecular flexibility index (Phi) is 5.72. The molecule has 2 heterocycles. The zero-order chi connectivity index (χ0) is 15.5. The van der Waals surface area contributed by atoms with Crippen molar-refractivity contribution in [2.45, 2.75) is 61.4 Å². The summed E-state index contributed by atoms with van der Waals surface area (Å²) in [6, 6.07) is 9.66. The van der Waals surface area contributed by atoms with Crippen LogP contribution < -0.4 is 0 Å². The van der Waals surface area contributed by atoms with Crippen molar-refractivity contribution in [1.82, 2.24) is 4.90 Å². The second kappa shape index (κ2) is 7.57. The highest BCUT2D eigenvalue weighted by molar-refractivity contribution is 7.99. The standard InChI is InChI=1S/C18H26ClNOS/c1-3-18(22-17-8-4-14(19)5-9-17)21-12-13-10-15-6-7-16(11-13)20(15)2/h4-5,8-9,13,15-16,18H,3,6-7,10-12H2,1-2H3/t13?,15-,16+,18?. The van der Waals surface area contributed by atoms with Crippen LogP contribution >= 0.6 is 23.4 Å². The molecule has 1 aromatic carbocycles. The van der Waals surface area contributed by atoms with E-state index in [9.17, 15) is 0 Å². The summed E-state index contributed by atoms with van der Waals surface area (Å²) in [5, 5.41) is 0.792. The lowest BCUT2D eigenvalue weighted by molar-refractivity contribution is 0.0361. The highest BCUT2D eigenvalue weighted by Gasteiger charge is 2.38. The molecular formula is C18H26ClNOS. The van der Waals surface area contributed by atoms with E-state index in [0.717, 1.165) is 36.1 Å². The summed E-state index contributed by atoms with van der Waals surface area (Å²) in [7, 11) is 2.30. The fraction of sp³-hybridized carbons (Fsp3) is 0.667. The van der Waals surface area contributed by atoms with Gasteiger partial charge in [0.1, 0.15) is 5.44 Å². The molecule has 2 nitrogen and oxygen atoms in total. The maximum atomic E-state index is 6.24. The van der Waals surface area contributed by atoms with E-state index in [0.29, 0.717) is 0 Å². The number of benzene rings is 1. The molecule has 4 atom stereocenters. The highest BCUT2D eigenvalue weighted by Crippen LogP contribution is 2.38. The maximum Gasteiger partial charge on any atom is 0.107 e. The molecule has 22 heavy (non-hydrogen) atoms. The molecule has 2 unspecified atom stereocenters. The summed E-state index contributed by atoms with van der Waals surface area (Å²) in [6.45, 7) is 3.12. The van der Waals surface area contributed by atoms with Crippen LogP contribution in [-0.4, -0.2) is 36.1 Å². The fourth-order valence-electron chi connectivity index (χ4n) is 3.80. The molecule has 0 spiro atoms. The number of thioether (sulfide) groups is 1. The lowest BCUT2D eigenvalue weighted by Gasteiger charge is -2.36. The number of piperidine rings is 1. The number of rotatable bonds is 6. The summed E-state index contributed by atoms with van der Waals surface area (Å²) in [5.74, 6) is 0.744. The number of nitrogens with zero attached hydrogens (tertiary/aromatic N) is 1. The lowest BCUT2D eigenvalue weighted by atomic mass is 9.92. The summed E-state index contributed by atoms with van der Waals surface area (Å²) < 4.78 is 6.24. The van der Waals surface area contributed by atoms with Crippen LogP contribution in [0, 0.1) is 5.92 Å². The number of hydrogen-bond donors (Lipinski definition) is 0. The average molecular weight is 340 g/mol. The minimum Gasteiger partial charge on any atom is -0.367 e. The molecule has 0 aliphatic carbocycles. The van der Waals surface area contributed by atoms with E-state index in [1.165, 1.54) is 30.6 Å². The van der Waals surface area contributed by atoms with Gasteiger partial charge in [0.05, 0.1) is 6.61 Å². The quantitative estimate of drug-likeness (QED) is 0.531. The Hall–Kier alpha value is -0.220. The van der Waals surface area contributed by atoms with Gasteiger partial charge in [0.25, 0.3) is 0 Å². The molecule has 4 heteroatoms. The normalized spacial score (nSPS) is 29.7. The number of ether oxygens (including phenoxy) is 1. The monoisotopic (exact) mass is 339 g/mol. The van der Waals surface area contributed by atoms with Crippen molar-refractivity contribution >= 4 is 23.4 Å². The lowest BCUT2D eigenvalue weighted by Crippen LogP contribution is -2.41. The van der Waals surface area contributed by atoms with Crippen LogP contribution in [-0.2, 0) is 4.74 Å². The van der Waals surface area contributed by atoms with Gasteiger partial charge in [-0.2, -0.15) is 0 Å². The molecule has 0 radical (unpaired) electrons. The molecule has 2 saturated heterocycles. The second-order valence-corrected chi connectivity index (χ2v) is 8.30. The summed E-state index contributed by atoms with van der Waals surface area (Å²) in [4.78, 5) is 3.83. The van der Waals surface area contributed by atoms with Crippen LogP contribution in [0.1, 0.15) is 39.0 Å². The van der Waals surface area contributed by atoms with Crippen LogP contribution in [0.15, 0.2) is 29.2 Å². The summed E-state index contributed by atoms with van der Waals surface area (Å²) >= 11 is 7.76. The Morgan fingerprint density at radius 2 is 1.86 bits per heavy atom.